The van der Waals surface area contributed by atoms with Crippen molar-refractivity contribution in [3.8, 4) is 0 Å². The second-order valence-corrected chi connectivity index (χ2v) is 7.38. The van der Waals surface area contributed by atoms with Crippen LogP contribution in [0.2, 0.25) is 0 Å². The quantitative estimate of drug-likeness (QED) is 0.555. The van der Waals surface area contributed by atoms with Gasteiger partial charge in [-0.1, -0.05) is 55.3 Å². The Morgan fingerprint density at radius 2 is 1.92 bits per heavy atom. The van der Waals surface area contributed by atoms with Crippen LogP contribution in [0.15, 0.2) is 28.7 Å². The van der Waals surface area contributed by atoms with Crippen molar-refractivity contribution >= 4 is 21.9 Å². The van der Waals surface area contributed by atoms with E-state index in [9.17, 15) is 4.79 Å². The third-order valence-corrected chi connectivity index (χ3v) is 4.63. The van der Waals surface area contributed by atoms with Gasteiger partial charge in [-0.15, -0.1) is 0 Å². The predicted octanol–water partition coefficient (Wildman–Crippen LogP) is 5.34. The van der Waals surface area contributed by atoms with Gasteiger partial charge in [-0.3, -0.25) is 4.68 Å². The highest BCUT2D eigenvalue weighted by molar-refractivity contribution is 9.10. The minimum atomic E-state index is -0.263. The molecule has 0 unspecified atom stereocenters. The van der Waals surface area contributed by atoms with Crippen LogP contribution >= 0.6 is 15.9 Å². The molecule has 0 bridgehead atoms. The fourth-order valence-corrected chi connectivity index (χ4v) is 3.20. The minimum absolute atomic E-state index is 0.211. The molecule has 2 aromatic rings. The number of nitrogens with zero attached hydrogens (tertiary/aromatic N) is 2. The molecule has 4 nitrogen and oxygen atoms in total. The van der Waals surface area contributed by atoms with Gasteiger partial charge in [-0.2, -0.15) is 5.10 Å². The van der Waals surface area contributed by atoms with Crippen molar-refractivity contribution in [1.82, 2.24) is 9.78 Å². The Bertz CT molecular complexity index is 705. The van der Waals surface area contributed by atoms with Gasteiger partial charge >= 0.3 is 5.97 Å². The lowest BCUT2D eigenvalue weighted by Crippen LogP contribution is -2.12. The van der Waals surface area contributed by atoms with E-state index in [-0.39, 0.29) is 11.9 Å². The molecule has 1 aromatic heterocycles. The van der Waals surface area contributed by atoms with Crippen molar-refractivity contribution < 1.29 is 9.53 Å². The molecule has 0 saturated heterocycles. The number of esters is 1. The molecule has 0 fully saturated rings. The van der Waals surface area contributed by atoms with E-state index in [1.807, 2.05) is 23.7 Å². The lowest BCUT2D eigenvalue weighted by atomic mass is 10.00. The smallest absolute Gasteiger partial charge is 0.341 e. The molecule has 0 amide bonds. The highest BCUT2D eigenvalue weighted by atomic mass is 79.9. The Morgan fingerprint density at radius 1 is 1.24 bits per heavy atom. The zero-order chi connectivity index (χ0) is 18.4. The molecule has 1 heterocycles. The lowest BCUT2D eigenvalue weighted by Gasteiger charge is -2.12. The van der Waals surface area contributed by atoms with Crippen molar-refractivity contribution in [3.05, 3.63) is 51.3 Å². The number of aryl methyl sites for hydroxylation is 1. The van der Waals surface area contributed by atoms with Gasteiger partial charge < -0.3 is 4.74 Å². The van der Waals surface area contributed by atoms with Crippen molar-refractivity contribution in [2.24, 2.45) is 0 Å². The molecular weight excluding hydrogens is 380 g/mol. The van der Waals surface area contributed by atoms with Crippen molar-refractivity contribution in [2.75, 3.05) is 6.61 Å². The van der Waals surface area contributed by atoms with Gasteiger partial charge in [-0.05, 0) is 37.0 Å². The van der Waals surface area contributed by atoms with Crippen molar-refractivity contribution in [2.45, 2.75) is 59.4 Å². The standard InChI is InChI=1S/C20H27BrN2O2/c1-5-7-12-23-19(14(3)4)18(20(24)25-6-2)17(22-23)13-15-8-10-16(21)11-9-15/h8-11,14H,5-7,12-13H2,1-4H3. The average molecular weight is 407 g/mol. The van der Waals surface area contributed by atoms with E-state index in [0.29, 0.717) is 18.6 Å². The summed E-state index contributed by atoms with van der Waals surface area (Å²) in [4.78, 5) is 12.6. The normalized spacial score (nSPS) is 11.1. The molecule has 25 heavy (non-hydrogen) atoms. The van der Waals surface area contributed by atoms with E-state index in [1.54, 1.807) is 0 Å². The Labute approximate surface area is 158 Å². The molecule has 5 heteroatoms. The summed E-state index contributed by atoms with van der Waals surface area (Å²) >= 11 is 3.46. The summed E-state index contributed by atoms with van der Waals surface area (Å²) in [5.41, 5.74) is 3.57. The molecule has 136 valence electrons. The van der Waals surface area contributed by atoms with Crippen LogP contribution in [0.3, 0.4) is 0 Å². The van der Waals surface area contributed by atoms with Gasteiger partial charge in [0, 0.05) is 17.4 Å². The Hall–Kier alpha value is -1.62. The van der Waals surface area contributed by atoms with E-state index >= 15 is 0 Å². The maximum Gasteiger partial charge on any atom is 0.341 e. The van der Waals surface area contributed by atoms with E-state index < -0.39 is 0 Å². The molecule has 0 saturated carbocycles. The Kier molecular flexibility index (Phi) is 7.24. The first-order valence-electron chi connectivity index (χ1n) is 8.99. The second-order valence-electron chi connectivity index (χ2n) is 6.46. The number of halogens is 1. The zero-order valence-electron chi connectivity index (χ0n) is 15.5. The minimum Gasteiger partial charge on any atom is -0.462 e. The molecule has 0 aliphatic carbocycles. The number of benzene rings is 1. The zero-order valence-corrected chi connectivity index (χ0v) is 17.1. The summed E-state index contributed by atoms with van der Waals surface area (Å²) in [7, 11) is 0. The van der Waals surface area contributed by atoms with Crippen molar-refractivity contribution in [3.63, 3.8) is 0 Å². The van der Waals surface area contributed by atoms with Crippen LogP contribution in [0.25, 0.3) is 0 Å². The topological polar surface area (TPSA) is 44.1 Å². The van der Waals surface area contributed by atoms with E-state index in [1.165, 1.54) is 0 Å². The highest BCUT2D eigenvalue weighted by Gasteiger charge is 2.26. The number of unbranched alkanes of at least 4 members (excludes halogenated alkanes) is 1. The molecular formula is C20H27BrN2O2. The summed E-state index contributed by atoms with van der Waals surface area (Å²) in [5, 5.41) is 4.79. The van der Waals surface area contributed by atoms with Crippen LogP contribution < -0.4 is 0 Å². The number of hydrogen-bond acceptors (Lipinski definition) is 3. The summed E-state index contributed by atoms with van der Waals surface area (Å²) in [5.74, 6) is -0.0523. The first-order valence-corrected chi connectivity index (χ1v) is 9.78. The fourth-order valence-electron chi connectivity index (χ4n) is 2.94. The van der Waals surface area contributed by atoms with Crippen LogP contribution in [-0.4, -0.2) is 22.4 Å². The SMILES string of the molecule is CCCCn1nc(Cc2ccc(Br)cc2)c(C(=O)OCC)c1C(C)C. The van der Waals surface area contributed by atoms with Crippen LogP contribution in [0.5, 0.6) is 0 Å². The van der Waals surface area contributed by atoms with Gasteiger partial charge in [0.25, 0.3) is 0 Å². The number of carbonyl (C=O) groups is 1. The number of rotatable bonds is 8. The Morgan fingerprint density at radius 3 is 2.48 bits per heavy atom. The summed E-state index contributed by atoms with van der Waals surface area (Å²) in [6.45, 7) is 9.40. The van der Waals surface area contributed by atoms with Crippen molar-refractivity contribution in [1.29, 1.82) is 0 Å². The van der Waals surface area contributed by atoms with Gasteiger partial charge in [0.1, 0.15) is 5.56 Å². The lowest BCUT2D eigenvalue weighted by molar-refractivity contribution is 0.0523. The van der Waals surface area contributed by atoms with Gasteiger partial charge in [0.05, 0.1) is 18.0 Å². The summed E-state index contributed by atoms with van der Waals surface area (Å²) in [6.07, 6.45) is 2.76. The van der Waals surface area contributed by atoms with Gasteiger partial charge in [0.15, 0.2) is 0 Å². The molecule has 0 atom stereocenters. The Balaban J connectivity index is 2.47. The molecule has 2 rings (SSSR count). The van der Waals surface area contributed by atoms with Gasteiger partial charge in [0.2, 0.25) is 0 Å². The number of aromatic nitrogens is 2. The first-order chi connectivity index (χ1) is 12.0. The average Bonchev–Trinajstić information content (AvgIpc) is 2.93. The van der Waals surface area contributed by atoms with Crippen LogP contribution in [-0.2, 0) is 17.7 Å². The highest BCUT2D eigenvalue weighted by Crippen LogP contribution is 2.26. The van der Waals surface area contributed by atoms with E-state index in [4.69, 9.17) is 9.84 Å². The molecule has 0 aliphatic rings. The summed E-state index contributed by atoms with van der Waals surface area (Å²) in [6, 6.07) is 8.13. The third kappa shape index (κ3) is 4.94. The van der Waals surface area contributed by atoms with Crippen LogP contribution in [0, 0.1) is 0 Å². The largest absolute Gasteiger partial charge is 0.462 e. The van der Waals surface area contributed by atoms with Crippen LogP contribution in [0.4, 0.5) is 0 Å². The summed E-state index contributed by atoms with van der Waals surface area (Å²) < 4.78 is 8.38. The molecule has 1 aromatic carbocycles. The molecule has 0 spiro atoms. The van der Waals surface area contributed by atoms with Gasteiger partial charge in [-0.25, -0.2) is 4.79 Å². The maximum absolute atomic E-state index is 12.6. The first kappa shape index (κ1) is 19.7. The number of ether oxygens (including phenoxy) is 1. The predicted molar refractivity (Wildman–Crippen MR) is 104 cm³/mol. The maximum atomic E-state index is 12.6. The number of carbonyl (C=O) groups excluding carboxylic acids is 1. The monoisotopic (exact) mass is 406 g/mol. The molecule has 0 radical (unpaired) electrons. The fraction of sp³-hybridized carbons (Fsp3) is 0.500. The van der Waals surface area contributed by atoms with E-state index in [0.717, 1.165) is 40.8 Å². The van der Waals surface area contributed by atoms with E-state index in [2.05, 4.69) is 48.8 Å². The van der Waals surface area contributed by atoms with Crippen LogP contribution in [0.1, 0.15) is 73.8 Å². The third-order valence-electron chi connectivity index (χ3n) is 4.10. The molecule has 0 N–H and O–H groups in total. The number of hydrogen-bond donors (Lipinski definition) is 0. The second kappa shape index (κ2) is 9.18. The molecule has 0 aliphatic heterocycles.